The molecule has 0 heterocycles. The highest BCUT2D eigenvalue weighted by Crippen LogP contribution is 2.26. The standard InChI is InChI=1S/C36H40FN3O4S/c1-4-28-17-21-32(22-18-28)40(45(43,44)33-13-9-6-10-14-33)26-35(41)39(25-30-15-19-31(37)20-16-30)34(36(42)38-24-27(2)3)23-29-11-7-5-8-12-29/h5-22,27,34H,4,23-26H2,1-3H3,(H,38,42). The van der Waals surface area contributed by atoms with Gasteiger partial charge in [-0.05, 0) is 65.4 Å². The molecule has 0 fully saturated rings. The van der Waals surface area contributed by atoms with Gasteiger partial charge in [-0.15, -0.1) is 0 Å². The van der Waals surface area contributed by atoms with E-state index in [0.717, 1.165) is 21.9 Å². The van der Waals surface area contributed by atoms with Gasteiger partial charge in [0.15, 0.2) is 0 Å². The van der Waals surface area contributed by atoms with Crippen LogP contribution < -0.4 is 9.62 Å². The van der Waals surface area contributed by atoms with Crippen molar-refractivity contribution < 1.29 is 22.4 Å². The first kappa shape index (κ1) is 33.4. The molecular formula is C36H40FN3O4S. The van der Waals surface area contributed by atoms with Crippen LogP contribution in [-0.2, 0) is 39.0 Å². The Bertz CT molecular complexity index is 1650. The van der Waals surface area contributed by atoms with Crippen molar-refractivity contribution in [2.24, 2.45) is 5.92 Å². The van der Waals surface area contributed by atoms with E-state index >= 15 is 0 Å². The third-order valence-electron chi connectivity index (χ3n) is 7.46. The number of carbonyl (C=O) groups excluding carboxylic acids is 2. The predicted molar refractivity (Wildman–Crippen MR) is 176 cm³/mol. The van der Waals surface area contributed by atoms with Crippen LogP contribution in [0.2, 0.25) is 0 Å². The van der Waals surface area contributed by atoms with Gasteiger partial charge in [0.2, 0.25) is 11.8 Å². The number of hydrogen-bond donors (Lipinski definition) is 1. The summed E-state index contributed by atoms with van der Waals surface area (Å²) in [6, 6.07) is 29.1. The molecule has 4 rings (SSSR count). The molecule has 236 valence electrons. The number of halogens is 1. The van der Waals surface area contributed by atoms with Crippen LogP contribution in [0.3, 0.4) is 0 Å². The van der Waals surface area contributed by atoms with E-state index in [4.69, 9.17) is 0 Å². The molecule has 0 bridgehead atoms. The molecule has 1 atom stereocenters. The summed E-state index contributed by atoms with van der Waals surface area (Å²) in [7, 11) is -4.17. The second-order valence-electron chi connectivity index (χ2n) is 11.3. The number of sulfonamides is 1. The maximum absolute atomic E-state index is 14.4. The second kappa shape index (κ2) is 15.5. The number of anilines is 1. The molecule has 0 saturated heterocycles. The zero-order chi connectivity index (χ0) is 32.4. The fourth-order valence-corrected chi connectivity index (χ4v) is 6.34. The SMILES string of the molecule is CCc1ccc(N(CC(=O)N(Cc2ccc(F)cc2)C(Cc2ccccc2)C(=O)NCC(C)C)S(=O)(=O)c2ccccc2)cc1. The van der Waals surface area contributed by atoms with Crippen molar-refractivity contribution in [1.29, 1.82) is 0 Å². The molecule has 0 radical (unpaired) electrons. The van der Waals surface area contributed by atoms with E-state index in [1.165, 1.54) is 29.2 Å². The minimum atomic E-state index is -4.17. The fraction of sp³-hybridized carbons (Fsp3) is 0.278. The summed E-state index contributed by atoms with van der Waals surface area (Å²) in [6.45, 7) is 5.78. The zero-order valence-electron chi connectivity index (χ0n) is 25.9. The van der Waals surface area contributed by atoms with Crippen LogP contribution in [0.4, 0.5) is 10.1 Å². The number of carbonyl (C=O) groups is 2. The molecule has 2 amide bonds. The quantitative estimate of drug-likeness (QED) is 0.186. The molecule has 9 heteroatoms. The number of benzene rings is 4. The molecular weight excluding hydrogens is 589 g/mol. The first-order valence-corrected chi connectivity index (χ1v) is 16.5. The maximum Gasteiger partial charge on any atom is 0.264 e. The summed E-state index contributed by atoms with van der Waals surface area (Å²) in [4.78, 5) is 29.7. The number of amides is 2. The Morgan fingerprint density at radius 1 is 0.778 bits per heavy atom. The van der Waals surface area contributed by atoms with Gasteiger partial charge >= 0.3 is 0 Å². The number of rotatable bonds is 14. The Labute approximate surface area is 265 Å². The fourth-order valence-electron chi connectivity index (χ4n) is 4.91. The minimum absolute atomic E-state index is 0.0281. The molecule has 1 unspecified atom stereocenters. The highest BCUT2D eigenvalue weighted by Gasteiger charge is 2.34. The average Bonchev–Trinajstić information content (AvgIpc) is 3.05. The van der Waals surface area contributed by atoms with Crippen LogP contribution in [-0.4, -0.2) is 44.3 Å². The summed E-state index contributed by atoms with van der Waals surface area (Å²) in [5.41, 5.74) is 2.78. The van der Waals surface area contributed by atoms with Crippen molar-refractivity contribution in [1.82, 2.24) is 10.2 Å². The largest absolute Gasteiger partial charge is 0.354 e. The van der Waals surface area contributed by atoms with E-state index in [9.17, 15) is 22.4 Å². The predicted octanol–water partition coefficient (Wildman–Crippen LogP) is 6.00. The summed E-state index contributed by atoms with van der Waals surface area (Å²) in [5.74, 6) is -1.18. The third-order valence-corrected chi connectivity index (χ3v) is 9.25. The number of aryl methyl sites for hydroxylation is 1. The third kappa shape index (κ3) is 9.01. The molecule has 7 nitrogen and oxygen atoms in total. The van der Waals surface area contributed by atoms with Gasteiger partial charge in [0.1, 0.15) is 18.4 Å². The molecule has 0 aliphatic heterocycles. The first-order chi connectivity index (χ1) is 21.6. The lowest BCUT2D eigenvalue weighted by molar-refractivity contribution is -0.140. The molecule has 45 heavy (non-hydrogen) atoms. The van der Waals surface area contributed by atoms with Gasteiger partial charge in [-0.1, -0.05) is 93.6 Å². The smallest absolute Gasteiger partial charge is 0.264 e. The number of hydrogen-bond acceptors (Lipinski definition) is 4. The van der Waals surface area contributed by atoms with E-state index in [2.05, 4.69) is 5.32 Å². The molecule has 4 aromatic rings. The average molecular weight is 630 g/mol. The lowest BCUT2D eigenvalue weighted by atomic mass is 10.0. The molecule has 0 aliphatic carbocycles. The van der Waals surface area contributed by atoms with Crippen LogP contribution in [0, 0.1) is 11.7 Å². The Kier molecular flexibility index (Phi) is 11.5. The van der Waals surface area contributed by atoms with Crippen LogP contribution >= 0.6 is 0 Å². The Balaban J connectivity index is 1.78. The van der Waals surface area contributed by atoms with Gasteiger partial charge < -0.3 is 10.2 Å². The van der Waals surface area contributed by atoms with Gasteiger partial charge in [0, 0.05) is 19.5 Å². The van der Waals surface area contributed by atoms with Gasteiger partial charge in [-0.3, -0.25) is 13.9 Å². The number of nitrogens with one attached hydrogen (secondary N) is 1. The van der Waals surface area contributed by atoms with Crippen LogP contribution in [0.25, 0.3) is 0 Å². The minimum Gasteiger partial charge on any atom is -0.354 e. The Morgan fingerprint density at radius 3 is 1.93 bits per heavy atom. The van der Waals surface area contributed by atoms with Gasteiger partial charge in [-0.25, -0.2) is 12.8 Å². The van der Waals surface area contributed by atoms with Crippen molar-refractivity contribution in [3.63, 3.8) is 0 Å². The summed E-state index contributed by atoms with van der Waals surface area (Å²) in [6.07, 6.45) is 0.969. The van der Waals surface area contributed by atoms with Crippen LogP contribution in [0.15, 0.2) is 114 Å². The molecule has 0 saturated carbocycles. The van der Waals surface area contributed by atoms with Crippen molar-refractivity contribution in [2.75, 3.05) is 17.4 Å². The highest BCUT2D eigenvalue weighted by atomic mass is 32.2. The van der Waals surface area contributed by atoms with Crippen molar-refractivity contribution in [3.05, 3.63) is 132 Å². The summed E-state index contributed by atoms with van der Waals surface area (Å²) in [5, 5.41) is 2.96. The summed E-state index contributed by atoms with van der Waals surface area (Å²) >= 11 is 0. The lowest BCUT2D eigenvalue weighted by Gasteiger charge is -2.34. The van der Waals surface area contributed by atoms with E-state index in [0.29, 0.717) is 17.8 Å². The van der Waals surface area contributed by atoms with E-state index in [1.54, 1.807) is 42.5 Å². The monoisotopic (exact) mass is 629 g/mol. The lowest BCUT2D eigenvalue weighted by Crippen LogP contribution is -2.53. The maximum atomic E-state index is 14.4. The molecule has 0 aromatic heterocycles. The first-order valence-electron chi connectivity index (χ1n) is 15.1. The van der Waals surface area contributed by atoms with Gasteiger partial charge in [0.05, 0.1) is 10.6 Å². The topological polar surface area (TPSA) is 86.8 Å². The molecule has 4 aromatic carbocycles. The van der Waals surface area contributed by atoms with E-state index < -0.39 is 34.3 Å². The van der Waals surface area contributed by atoms with E-state index in [-0.39, 0.29) is 29.7 Å². The zero-order valence-corrected chi connectivity index (χ0v) is 26.7. The van der Waals surface area contributed by atoms with Gasteiger partial charge in [-0.2, -0.15) is 0 Å². The van der Waals surface area contributed by atoms with Crippen molar-refractivity contribution in [2.45, 2.75) is 51.1 Å². The second-order valence-corrected chi connectivity index (χ2v) is 13.2. The van der Waals surface area contributed by atoms with Crippen molar-refractivity contribution >= 4 is 27.5 Å². The van der Waals surface area contributed by atoms with E-state index in [1.807, 2.05) is 63.2 Å². The molecule has 0 aliphatic rings. The normalized spacial score (nSPS) is 12.0. The molecule has 1 N–H and O–H groups in total. The Hall–Kier alpha value is -4.50. The van der Waals surface area contributed by atoms with Crippen LogP contribution in [0.1, 0.15) is 37.5 Å². The number of nitrogens with zero attached hydrogens (tertiary/aromatic N) is 2. The van der Waals surface area contributed by atoms with Crippen molar-refractivity contribution in [3.8, 4) is 0 Å². The Morgan fingerprint density at radius 2 is 1.36 bits per heavy atom. The van der Waals surface area contributed by atoms with Crippen LogP contribution in [0.5, 0.6) is 0 Å². The molecule has 0 spiro atoms. The van der Waals surface area contributed by atoms with Gasteiger partial charge in [0.25, 0.3) is 10.0 Å². The highest BCUT2D eigenvalue weighted by molar-refractivity contribution is 7.92. The summed E-state index contributed by atoms with van der Waals surface area (Å²) < 4.78 is 43.0.